The zero-order valence-corrected chi connectivity index (χ0v) is 15.6. The van der Waals surface area contributed by atoms with Gasteiger partial charge in [0.2, 0.25) is 11.0 Å². The van der Waals surface area contributed by atoms with Gasteiger partial charge in [-0.1, -0.05) is 42.4 Å². The van der Waals surface area contributed by atoms with Crippen LogP contribution in [0.15, 0.2) is 4.34 Å². The van der Waals surface area contributed by atoms with E-state index in [1.54, 1.807) is 7.11 Å². The second-order valence-corrected chi connectivity index (χ2v) is 8.36. The molecular weight excluding hydrogens is 346 g/mol. The molecule has 132 valence electrons. The number of carbonyl (C=O) groups excluding carboxylic acids is 1. The number of nitriles is 1. The molecule has 1 amide bonds. The van der Waals surface area contributed by atoms with E-state index in [4.69, 9.17) is 4.74 Å². The van der Waals surface area contributed by atoms with Crippen LogP contribution in [0.5, 0.6) is 0 Å². The summed E-state index contributed by atoms with van der Waals surface area (Å²) < 4.78 is 5.70. The van der Waals surface area contributed by atoms with E-state index in [-0.39, 0.29) is 11.2 Å². The highest BCUT2D eigenvalue weighted by molar-refractivity contribution is 8.02. The molecule has 0 bridgehead atoms. The molecule has 1 aliphatic carbocycles. The van der Waals surface area contributed by atoms with Crippen LogP contribution >= 0.6 is 23.1 Å². The molecule has 0 saturated heterocycles. The fourth-order valence-corrected chi connectivity index (χ4v) is 4.47. The molecule has 2 rings (SSSR count). The molecule has 24 heavy (non-hydrogen) atoms. The molecule has 2 N–H and O–H groups in total. The third-order valence-electron chi connectivity index (χ3n) is 3.92. The van der Waals surface area contributed by atoms with E-state index in [2.05, 4.69) is 26.9 Å². The third kappa shape index (κ3) is 5.33. The molecule has 0 aliphatic heterocycles. The molecule has 0 spiro atoms. The predicted molar refractivity (Wildman–Crippen MR) is 95.2 cm³/mol. The lowest BCUT2D eigenvalue weighted by molar-refractivity contribution is -0.121. The Morgan fingerprint density at radius 1 is 1.46 bits per heavy atom. The number of carbonyl (C=O) groups is 1. The molecule has 9 heteroatoms. The molecule has 1 atom stereocenters. The zero-order valence-electron chi connectivity index (χ0n) is 14.0. The van der Waals surface area contributed by atoms with E-state index < -0.39 is 5.54 Å². The second-order valence-electron chi connectivity index (χ2n) is 5.80. The maximum Gasteiger partial charge on any atom is 0.234 e. The van der Waals surface area contributed by atoms with Gasteiger partial charge in [-0.3, -0.25) is 4.79 Å². The third-order valence-corrected chi connectivity index (χ3v) is 5.98. The Balaban J connectivity index is 1.86. The Hall–Kier alpha value is -1.37. The number of methoxy groups -OCH3 is 1. The molecular formula is C15H23N5O2S2. The lowest BCUT2D eigenvalue weighted by Crippen LogP contribution is -2.50. The van der Waals surface area contributed by atoms with Gasteiger partial charge in [0.15, 0.2) is 4.34 Å². The number of ether oxygens (including phenoxy) is 1. The monoisotopic (exact) mass is 369 g/mol. The summed E-state index contributed by atoms with van der Waals surface area (Å²) in [7, 11) is 1.64. The van der Waals surface area contributed by atoms with Crippen molar-refractivity contribution in [2.45, 2.75) is 54.2 Å². The number of rotatable bonds is 8. The van der Waals surface area contributed by atoms with Crippen molar-refractivity contribution >= 4 is 34.1 Å². The van der Waals surface area contributed by atoms with Gasteiger partial charge in [0.25, 0.3) is 0 Å². The minimum Gasteiger partial charge on any atom is -0.383 e. The minimum absolute atomic E-state index is 0.118. The van der Waals surface area contributed by atoms with E-state index in [9.17, 15) is 10.1 Å². The summed E-state index contributed by atoms with van der Waals surface area (Å²) >= 11 is 2.77. The van der Waals surface area contributed by atoms with Crippen LogP contribution in [0, 0.1) is 11.3 Å². The van der Waals surface area contributed by atoms with Crippen molar-refractivity contribution in [1.29, 1.82) is 5.26 Å². The molecule has 0 radical (unpaired) electrons. The molecule has 7 nitrogen and oxygen atoms in total. The first-order chi connectivity index (χ1) is 11.6. The average molecular weight is 370 g/mol. The van der Waals surface area contributed by atoms with Crippen molar-refractivity contribution in [3.63, 3.8) is 0 Å². The maximum atomic E-state index is 12.4. The van der Waals surface area contributed by atoms with Gasteiger partial charge >= 0.3 is 0 Å². The second kappa shape index (κ2) is 9.20. The number of aromatic nitrogens is 2. The van der Waals surface area contributed by atoms with E-state index in [1.807, 2.05) is 6.92 Å². The van der Waals surface area contributed by atoms with Crippen LogP contribution in [0.2, 0.25) is 0 Å². The molecule has 1 heterocycles. The number of amides is 1. The standard InChI is InChI=1S/C15H23N5O2S2/c1-11(12(21)18-15(10-16)6-4-3-5-7-15)23-14-20-19-13(24-14)17-8-9-22-2/h11H,3-9H2,1-2H3,(H,17,19)(H,18,21)/t11-/m0/s1. The fraction of sp³-hybridized carbons (Fsp3) is 0.733. The first-order valence-corrected chi connectivity index (χ1v) is 9.74. The first-order valence-electron chi connectivity index (χ1n) is 8.05. The van der Waals surface area contributed by atoms with Gasteiger partial charge in [-0.25, -0.2) is 0 Å². The molecule has 0 aromatic carbocycles. The molecule has 1 aromatic heterocycles. The maximum absolute atomic E-state index is 12.4. The molecule has 1 aliphatic rings. The quantitative estimate of drug-likeness (QED) is 0.536. The van der Waals surface area contributed by atoms with E-state index in [1.165, 1.54) is 23.1 Å². The first kappa shape index (κ1) is 19.0. The summed E-state index contributed by atoms with van der Waals surface area (Å²) in [5.74, 6) is -0.118. The summed E-state index contributed by atoms with van der Waals surface area (Å²) in [4.78, 5) is 12.4. The van der Waals surface area contributed by atoms with Crippen molar-refractivity contribution in [3.05, 3.63) is 0 Å². The highest BCUT2D eigenvalue weighted by Gasteiger charge is 2.35. The SMILES string of the molecule is COCCNc1nnc(S[C@@H](C)C(=O)NC2(C#N)CCCCC2)s1. The average Bonchev–Trinajstić information content (AvgIpc) is 3.03. The Bertz CT molecular complexity index is 581. The van der Waals surface area contributed by atoms with E-state index in [0.717, 1.165) is 36.4 Å². The zero-order chi connectivity index (χ0) is 17.4. The summed E-state index contributed by atoms with van der Waals surface area (Å²) in [6.45, 7) is 3.08. The predicted octanol–water partition coefficient (Wildman–Crippen LogP) is 2.42. The Labute approximate surface area is 150 Å². The molecule has 1 fully saturated rings. The minimum atomic E-state index is -0.696. The number of thioether (sulfide) groups is 1. The van der Waals surface area contributed by atoms with Crippen LogP contribution in [0.1, 0.15) is 39.0 Å². The van der Waals surface area contributed by atoms with Crippen LogP contribution < -0.4 is 10.6 Å². The molecule has 1 saturated carbocycles. The van der Waals surface area contributed by atoms with Crippen molar-refractivity contribution in [1.82, 2.24) is 15.5 Å². The van der Waals surface area contributed by atoms with Gasteiger partial charge in [-0.05, 0) is 19.8 Å². The number of hydrogen-bond acceptors (Lipinski definition) is 8. The van der Waals surface area contributed by atoms with Crippen molar-refractivity contribution in [2.24, 2.45) is 0 Å². The molecule has 1 aromatic rings. The van der Waals surface area contributed by atoms with Crippen molar-refractivity contribution in [2.75, 3.05) is 25.6 Å². The van der Waals surface area contributed by atoms with Gasteiger partial charge in [-0.15, -0.1) is 10.2 Å². The topological polar surface area (TPSA) is 99.9 Å². The largest absolute Gasteiger partial charge is 0.383 e. The Morgan fingerprint density at radius 2 is 2.21 bits per heavy atom. The number of nitrogens with one attached hydrogen (secondary N) is 2. The Kier molecular flexibility index (Phi) is 7.27. The fourth-order valence-electron chi connectivity index (χ4n) is 2.55. The highest BCUT2D eigenvalue weighted by atomic mass is 32.2. The van der Waals surface area contributed by atoms with Gasteiger partial charge in [0.1, 0.15) is 5.54 Å². The van der Waals surface area contributed by atoms with E-state index >= 15 is 0 Å². The summed E-state index contributed by atoms with van der Waals surface area (Å²) in [6, 6.07) is 2.31. The Morgan fingerprint density at radius 3 is 2.88 bits per heavy atom. The smallest absolute Gasteiger partial charge is 0.234 e. The summed E-state index contributed by atoms with van der Waals surface area (Å²) in [5.41, 5.74) is -0.696. The summed E-state index contributed by atoms with van der Waals surface area (Å²) in [6.07, 6.45) is 4.58. The van der Waals surface area contributed by atoms with Crippen molar-refractivity contribution in [3.8, 4) is 6.07 Å². The van der Waals surface area contributed by atoms with Crippen molar-refractivity contribution < 1.29 is 9.53 Å². The van der Waals surface area contributed by atoms with Gasteiger partial charge in [0.05, 0.1) is 17.9 Å². The van der Waals surface area contributed by atoms with Gasteiger partial charge in [0, 0.05) is 13.7 Å². The van der Waals surface area contributed by atoms with Gasteiger partial charge in [-0.2, -0.15) is 5.26 Å². The number of hydrogen-bond donors (Lipinski definition) is 2. The highest BCUT2D eigenvalue weighted by Crippen LogP contribution is 2.31. The number of anilines is 1. The van der Waals surface area contributed by atoms with Crippen LogP contribution in [0.4, 0.5) is 5.13 Å². The van der Waals surface area contributed by atoms with Crippen LogP contribution in [0.3, 0.4) is 0 Å². The van der Waals surface area contributed by atoms with Crippen LogP contribution in [-0.4, -0.2) is 47.2 Å². The lowest BCUT2D eigenvalue weighted by Gasteiger charge is -2.32. The number of nitrogens with zero attached hydrogens (tertiary/aromatic N) is 3. The molecule has 0 unspecified atom stereocenters. The van der Waals surface area contributed by atoms with Crippen LogP contribution in [-0.2, 0) is 9.53 Å². The normalized spacial score (nSPS) is 17.7. The lowest BCUT2D eigenvalue weighted by atomic mass is 9.83. The van der Waals surface area contributed by atoms with Crippen LogP contribution in [0.25, 0.3) is 0 Å². The van der Waals surface area contributed by atoms with E-state index in [0.29, 0.717) is 18.3 Å². The summed E-state index contributed by atoms with van der Waals surface area (Å²) in [5, 5.41) is 24.0. The van der Waals surface area contributed by atoms with Gasteiger partial charge < -0.3 is 15.4 Å².